The number of amides is 1. The first-order valence-corrected chi connectivity index (χ1v) is 5.50. The monoisotopic (exact) mass is 216 g/mol. The Morgan fingerprint density at radius 3 is 3.12 bits per heavy atom. The van der Waals surface area contributed by atoms with Gasteiger partial charge in [0.15, 0.2) is 0 Å². The third kappa shape index (κ3) is 2.35. The fraction of sp³-hybridized carbons (Fsp3) is 0.455. The number of carbonyl (C=O) groups excluding carboxylic acids is 1. The number of anilines is 1. The maximum Gasteiger partial charge on any atom is 0.255 e. The standard InChI is InChI=1S/C11H15BN3O/c1-8-7-15(3-2-12-8)11(16)9-4-10(13)6-14-5-9/h4-6,8H,2-3,7,13H2,1H3. The molecule has 1 saturated heterocycles. The van der Waals surface area contributed by atoms with Gasteiger partial charge in [0.2, 0.25) is 0 Å². The van der Waals surface area contributed by atoms with Crippen molar-refractivity contribution >= 4 is 18.9 Å². The summed E-state index contributed by atoms with van der Waals surface area (Å²) >= 11 is 0. The fourth-order valence-electron chi connectivity index (χ4n) is 1.97. The first-order valence-electron chi connectivity index (χ1n) is 5.50. The van der Waals surface area contributed by atoms with Crippen LogP contribution in [0.15, 0.2) is 18.5 Å². The van der Waals surface area contributed by atoms with Crippen LogP contribution in [0.2, 0.25) is 12.1 Å². The zero-order valence-corrected chi connectivity index (χ0v) is 9.39. The summed E-state index contributed by atoms with van der Waals surface area (Å²) in [6.45, 7) is 3.70. The van der Waals surface area contributed by atoms with Crippen LogP contribution < -0.4 is 5.73 Å². The molecule has 1 aliphatic rings. The number of aromatic nitrogens is 1. The van der Waals surface area contributed by atoms with Gasteiger partial charge in [-0.15, -0.1) is 0 Å². The third-order valence-electron chi connectivity index (χ3n) is 2.77. The summed E-state index contributed by atoms with van der Waals surface area (Å²) in [6, 6.07) is 1.68. The van der Waals surface area contributed by atoms with Crippen molar-refractivity contribution in [2.24, 2.45) is 0 Å². The van der Waals surface area contributed by atoms with E-state index in [1.54, 1.807) is 18.5 Å². The lowest BCUT2D eigenvalue weighted by atomic mass is 9.60. The van der Waals surface area contributed by atoms with Crippen LogP contribution in [-0.4, -0.2) is 36.2 Å². The van der Waals surface area contributed by atoms with Crippen LogP contribution in [0.3, 0.4) is 0 Å². The smallest absolute Gasteiger partial charge is 0.255 e. The molecule has 1 aromatic rings. The molecule has 0 spiro atoms. The van der Waals surface area contributed by atoms with Crippen LogP contribution >= 0.6 is 0 Å². The molecule has 5 heteroatoms. The van der Waals surface area contributed by atoms with Crippen molar-refractivity contribution in [1.29, 1.82) is 0 Å². The zero-order valence-electron chi connectivity index (χ0n) is 9.39. The molecule has 1 fully saturated rings. The molecule has 0 aliphatic carbocycles. The Balaban J connectivity index is 2.12. The molecule has 0 aromatic carbocycles. The molecule has 1 atom stereocenters. The molecule has 1 radical (unpaired) electrons. The van der Waals surface area contributed by atoms with Crippen molar-refractivity contribution < 1.29 is 4.79 Å². The van der Waals surface area contributed by atoms with Crippen LogP contribution in [0, 0.1) is 0 Å². The van der Waals surface area contributed by atoms with Crippen molar-refractivity contribution in [3.63, 3.8) is 0 Å². The van der Waals surface area contributed by atoms with Crippen LogP contribution in [0.4, 0.5) is 5.69 Å². The van der Waals surface area contributed by atoms with Crippen LogP contribution in [0.1, 0.15) is 17.3 Å². The lowest BCUT2D eigenvalue weighted by Gasteiger charge is -2.30. The largest absolute Gasteiger partial charge is 0.397 e. The van der Waals surface area contributed by atoms with E-state index in [4.69, 9.17) is 5.73 Å². The van der Waals surface area contributed by atoms with E-state index in [0.717, 1.165) is 19.4 Å². The van der Waals surface area contributed by atoms with E-state index >= 15 is 0 Å². The Hall–Kier alpha value is -1.52. The molecule has 1 aliphatic heterocycles. The van der Waals surface area contributed by atoms with Crippen LogP contribution in [0.5, 0.6) is 0 Å². The Labute approximate surface area is 96.1 Å². The normalized spacial score (nSPS) is 20.3. The van der Waals surface area contributed by atoms with Crippen molar-refractivity contribution in [2.45, 2.75) is 19.1 Å². The van der Waals surface area contributed by atoms with Gasteiger partial charge >= 0.3 is 0 Å². The Morgan fingerprint density at radius 1 is 1.62 bits per heavy atom. The van der Waals surface area contributed by atoms with Crippen LogP contribution in [-0.2, 0) is 0 Å². The maximum absolute atomic E-state index is 12.1. The third-order valence-corrected chi connectivity index (χ3v) is 2.77. The Morgan fingerprint density at radius 2 is 2.44 bits per heavy atom. The number of nitrogens with two attached hydrogens (primary N) is 1. The highest BCUT2D eigenvalue weighted by Crippen LogP contribution is 2.17. The van der Waals surface area contributed by atoms with E-state index in [1.807, 2.05) is 4.90 Å². The van der Waals surface area contributed by atoms with E-state index in [1.165, 1.54) is 0 Å². The second kappa shape index (κ2) is 4.55. The number of hydrogen-bond donors (Lipinski definition) is 1. The molecule has 0 bridgehead atoms. The minimum Gasteiger partial charge on any atom is -0.397 e. The second-order valence-electron chi connectivity index (χ2n) is 4.26. The molecule has 2 N–H and O–H groups in total. The van der Waals surface area contributed by atoms with Gasteiger partial charge in [-0.1, -0.05) is 19.1 Å². The molecule has 4 nitrogen and oxygen atoms in total. The Kier molecular flexibility index (Phi) is 3.13. The molecular formula is C11H15BN3O. The van der Waals surface area contributed by atoms with Gasteiger partial charge in [0.05, 0.1) is 11.3 Å². The quantitative estimate of drug-likeness (QED) is 0.713. The zero-order chi connectivity index (χ0) is 11.5. The summed E-state index contributed by atoms with van der Waals surface area (Å²) < 4.78 is 0. The molecule has 2 rings (SSSR count). The molecule has 0 saturated carbocycles. The van der Waals surface area contributed by atoms with Gasteiger partial charge in [0.25, 0.3) is 5.91 Å². The number of hydrogen-bond acceptors (Lipinski definition) is 3. The first-order chi connectivity index (χ1) is 7.66. The molecule has 1 unspecified atom stereocenters. The molecule has 2 heterocycles. The highest BCUT2D eigenvalue weighted by atomic mass is 16.2. The summed E-state index contributed by atoms with van der Waals surface area (Å²) in [5.74, 6) is 0.492. The lowest BCUT2D eigenvalue weighted by molar-refractivity contribution is 0.0756. The highest BCUT2D eigenvalue weighted by molar-refractivity contribution is 6.38. The molecule has 1 amide bonds. The Bertz CT molecular complexity index is 397. The molecule has 16 heavy (non-hydrogen) atoms. The molecule has 83 valence electrons. The van der Waals surface area contributed by atoms with Gasteiger partial charge in [-0.25, -0.2) is 0 Å². The van der Waals surface area contributed by atoms with E-state index in [0.29, 0.717) is 17.1 Å². The summed E-state index contributed by atoms with van der Waals surface area (Å²) in [5.41, 5.74) is 6.72. The number of nitrogen functional groups attached to an aromatic ring is 1. The van der Waals surface area contributed by atoms with Gasteiger partial charge in [-0.05, 0) is 6.07 Å². The first kappa shape index (κ1) is 11.0. The van der Waals surface area contributed by atoms with E-state index in [-0.39, 0.29) is 5.91 Å². The summed E-state index contributed by atoms with van der Waals surface area (Å²) in [6.07, 6.45) is 4.08. The predicted molar refractivity (Wildman–Crippen MR) is 64.5 cm³/mol. The average Bonchev–Trinajstić information content (AvgIpc) is 2.28. The van der Waals surface area contributed by atoms with Gasteiger partial charge in [0.1, 0.15) is 7.28 Å². The van der Waals surface area contributed by atoms with Gasteiger partial charge in [0, 0.05) is 25.5 Å². The number of nitrogens with zero attached hydrogens (tertiary/aromatic N) is 2. The number of carbonyl (C=O) groups is 1. The van der Waals surface area contributed by atoms with E-state index < -0.39 is 0 Å². The second-order valence-corrected chi connectivity index (χ2v) is 4.26. The topological polar surface area (TPSA) is 59.2 Å². The predicted octanol–water partition coefficient (Wildman–Crippen LogP) is 1.05. The summed E-state index contributed by atoms with van der Waals surface area (Å²) in [4.78, 5) is 17.9. The van der Waals surface area contributed by atoms with E-state index in [2.05, 4.69) is 19.2 Å². The summed E-state index contributed by atoms with van der Waals surface area (Å²) in [5, 5.41) is 0. The highest BCUT2D eigenvalue weighted by Gasteiger charge is 2.22. The lowest BCUT2D eigenvalue weighted by Crippen LogP contribution is -2.39. The van der Waals surface area contributed by atoms with Crippen molar-refractivity contribution in [3.8, 4) is 0 Å². The van der Waals surface area contributed by atoms with E-state index in [9.17, 15) is 4.79 Å². The minimum absolute atomic E-state index is 0.0275. The molecule has 1 aromatic heterocycles. The fourth-order valence-corrected chi connectivity index (χ4v) is 1.97. The number of pyridine rings is 1. The van der Waals surface area contributed by atoms with Gasteiger partial charge in [-0.2, -0.15) is 0 Å². The van der Waals surface area contributed by atoms with Crippen molar-refractivity contribution in [1.82, 2.24) is 9.88 Å². The van der Waals surface area contributed by atoms with Crippen LogP contribution in [0.25, 0.3) is 0 Å². The SMILES string of the molecule is CC1[B]CCN(C(=O)c2cncc(N)c2)C1. The molecular weight excluding hydrogens is 201 g/mol. The number of rotatable bonds is 1. The maximum atomic E-state index is 12.1. The average molecular weight is 216 g/mol. The minimum atomic E-state index is 0.0275. The van der Waals surface area contributed by atoms with Crippen molar-refractivity contribution in [2.75, 3.05) is 18.8 Å². The van der Waals surface area contributed by atoms with Crippen molar-refractivity contribution in [3.05, 3.63) is 24.0 Å². The van der Waals surface area contributed by atoms with Gasteiger partial charge in [-0.3, -0.25) is 9.78 Å². The van der Waals surface area contributed by atoms with Gasteiger partial charge < -0.3 is 10.6 Å². The summed E-state index contributed by atoms with van der Waals surface area (Å²) in [7, 11) is 2.25.